The highest BCUT2D eigenvalue weighted by Gasteiger charge is 2.30. The van der Waals surface area contributed by atoms with E-state index >= 15 is 0 Å². The molecular formula is C51H71IO3. The molecule has 0 amide bonds. The number of phenols is 3. The fraction of sp³-hybridized carbons (Fsp3) is 0.529. The zero-order valence-electron chi connectivity index (χ0n) is 37.5. The van der Waals surface area contributed by atoms with Crippen LogP contribution >= 0.6 is 22.6 Å². The fourth-order valence-corrected chi connectivity index (χ4v) is 8.37. The molecule has 0 saturated carbocycles. The van der Waals surface area contributed by atoms with Crippen molar-refractivity contribution < 1.29 is 15.3 Å². The maximum Gasteiger partial charge on any atom is 0.123 e. The first-order valence-electron chi connectivity index (χ1n) is 20.1. The van der Waals surface area contributed by atoms with E-state index in [1.807, 2.05) is 0 Å². The Morgan fingerprint density at radius 2 is 0.509 bits per heavy atom. The maximum atomic E-state index is 11.5. The third-order valence-electron chi connectivity index (χ3n) is 10.8. The molecule has 4 aromatic rings. The van der Waals surface area contributed by atoms with E-state index in [0.29, 0.717) is 17.2 Å². The van der Waals surface area contributed by atoms with Crippen molar-refractivity contribution in [2.45, 2.75) is 176 Å². The SMILES string of the molecule is CC(C)(C)c1cc(Cc2cc(Cc3cc(C(C)(C)C)c(O)c(C(C)(C)C)c3)c(I)c(Cc3cc(C(C)(C)C)c(O)c(C(C)(C)C)c3)c2)cc(C(C)(C)C)c1O. The van der Waals surface area contributed by atoms with Crippen LogP contribution < -0.4 is 0 Å². The molecule has 0 bridgehead atoms. The molecule has 0 heterocycles. The van der Waals surface area contributed by atoms with Crippen molar-refractivity contribution >= 4 is 22.6 Å². The van der Waals surface area contributed by atoms with Crippen LogP contribution in [0.3, 0.4) is 0 Å². The van der Waals surface area contributed by atoms with Gasteiger partial charge in [0.1, 0.15) is 17.2 Å². The lowest BCUT2D eigenvalue weighted by molar-refractivity contribution is 0.422. The summed E-state index contributed by atoms with van der Waals surface area (Å²) in [6, 6.07) is 18.0. The summed E-state index contributed by atoms with van der Waals surface area (Å²) in [5, 5.41) is 34.6. The number of hydrogen-bond acceptors (Lipinski definition) is 3. The monoisotopic (exact) mass is 858 g/mol. The largest absolute Gasteiger partial charge is 0.507 e. The van der Waals surface area contributed by atoms with Gasteiger partial charge in [0, 0.05) is 3.57 Å². The molecule has 3 N–H and O–H groups in total. The second kappa shape index (κ2) is 15.1. The van der Waals surface area contributed by atoms with Gasteiger partial charge < -0.3 is 15.3 Å². The lowest BCUT2D eigenvalue weighted by Gasteiger charge is -2.29. The van der Waals surface area contributed by atoms with Crippen molar-refractivity contribution in [3.63, 3.8) is 0 Å². The molecule has 55 heavy (non-hydrogen) atoms. The molecule has 4 rings (SSSR count). The number of rotatable bonds is 6. The van der Waals surface area contributed by atoms with Gasteiger partial charge in [-0.15, -0.1) is 0 Å². The van der Waals surface area contributed by atoms with Crippen LogP contribution in [0.15, 0.2) is 48.5 Å². The first-order valence-corrected chi connectivity index (χ1v) is 21.2. The number of hydrogen-bond donors (Lipinski definition) is 3. The van der Waals surface area contributed by atoms with Crippen molar-refractivity contribution in [3.8, 4) is 17.2 Å². The van der Waals surface area contributed by atoms with Gasteiger partial charge in [-0.25, -0.2) is 0 Å². The number of aromatic hydroxyl groups is 3. The van der Waals surface area contributed by atoms with Gasteiger partial charge in [-0.1, -0.05) is 173 Å². The minimum Gasteiger partial charge on any atom is -0.507 e. The van der Waals surface area contributed by atoms with Crippen molar-refractivity contribution in [1.29, 1.82) is 0 Å². The summed E-state index contributed by atoms with van der Waals surface area (Å²) < 4.78 is 1.24. The first kappa shape index (κ1) is 44.7. The maximum absolute atomic E-state index is 11.5. The van der Waals surface area contributed by atoms with Gasteiger partial charge in [0.2, 0.25) is 0 Å². The summed E-state index contributed by atoms with van der Waals surface area (Å²) in [6.07, 6.45) is 2.20. The van der Waals surface area contributed by atoms with Crippen molar-refractivity contribution in [1.82, 2.24) is 0 Å². The van der Waals surface area contributed by atoms with E-state index in [-0.39, 0.29) is 32.5 Å². The molecule has 3 nitrogen and oxygen atoms in total. The first-order chi connectivity index (χ1) is 24.7. The van der Waals surface area contributed by atoms with Gasteiger partial charge in [0.05, 0.1) is 0 Å². The minimum absolute atomic E-state index is 0.217. The average Bonchev–Trinajstić information content (AvgIpc) is 2.98. The van der Waals surface area contributed by atoms with Gasteiger partial charge in [0.15, 0.2) is 0 Å². The van der Waals surface area contributed by atoms with E-state index in [1.54, 1.807) is 0 Å². The Morgan fingerprint density at radius 3 is 0.709 bits per heavy atom. The normalized spacial score (nSPS) is 13.4. The van der Waals surface area contributed by atoms with E-state index < -0.39 is 0 Å². The molecule has 0 aromatic heterocycles. The summed E-state index contributed by atoms with van der Waals surface area (Å²) in [7, 11) is 0. The third kappa shape index (κ3) is 10.3. The molecule has 0 atom stereocenters. The van der Waals surface area contributed by atoms with E-state index in [2.05, 4.69) is 196 Å². The molecule has 0 radical (unpaired) electrons. The predicted octanol–water partition coefficient (Wildman–Crippen LogP) is 14.0. The molecule has 4 heteroatoms. The van der Waals surface area contributed by atoms with Crippen LogP contribution in [0.25, 0.3) is 0 Å². The Bertz CT molecular complexity index is 1850. The van der Waals surface area contributed by atoms with E-state index in [0.717, 1.165) is 52.6 Å². The zero-order valence-corrected chi connectivity index (χ0v) is 39.6. The molecule has 4 aromatic carbocycles. The van der Waals surface area contributed by atoms with Crippen molar-refractivity contribution in [2.24, 2.45) is 0 Å². The molecule has 0 fully saturated rings. The molecule has 0 aliphatic heterocycles. The quantitative estimate of drug-likeness (QED) is 0.169. The number of phenolic OH excluding ortho intramolecular Hbond substituents is 3. The molecular weight excluding hydrogens is 787 g/mol. The third-order valence-corrected chi connectivity index (χ3v) is 12.2. The van der Waals surface area contributed by atoms with Gasteiger partial charge in [-0.3, -0.25) is 0 Å². The highest BCUT2D eigenvalue weighted by molar-refractivity contribution is 14.1. The Hall–Kier alpha value is -2.99. The van der Waals surface area contributed by atoms with Crippen LogP contribution in [-0.4, -0.2) is 15.3 Å². The van der Waals surface area contributed by atoms with Gasteiger partial charge in [-0.2, -0.15) is 0 Å². The van der Waals surface area contributed by atoms with Crippen LogP contribution in [0.2, 0.25) is 0 Å². The summed E-state index contributed by atoms with van der Waals surface area (Å²) in [4.78, 5) is 0. The molecule has 0 aliphatic carbocycles. The Morgan fingerprint density at radius 1 is 0.327 bits per heavy atom. The molecule has 0 unspecified atom stereocenters. The zero-order chi connectivity index (χ0) is 42.0. The molecule has 0 saturated heterocycles. The Kier molecular flexibility index (Phi) is 12.3. The predicted molar refractivity (Wildman–Crippen MR) is 244 cm³/mol. The standard InChI is InChI=1S/C51H71IO3/c1-46(2,3)36-24-31(25-37(43(36)53)47(4,5)6)19-30-20-34(22-32-26-38(48(7,8)9)44(54)39(27-32)49(10,11)12)42(52)35(21-30)23-33-28-40(50(13,14)15)45(55)41(29-33)51(16,17)18/h20-21,24-29,53-55H,19,22-23H2,1-18H3. The Balaban J connectivity index is 2.01. The van der Waals surface area contributed by atoms with Crippen LogP contribution in [0.5, 0.6) is 17.2 Å². The number of halogens is 1. The summed E-state index contributed by atoms with van der Waals surface area (Å²) in [5.74, 6) is 1.21. The van der Waals surface area contributed by atoms with Gasteiger partial charge in [-0.05, 0) is 141 Å². The lowest BCUT2D eigenvalue weighted by atomic mass is 9.77. The van der Waals surface area contributed by atoms with Crippen LogP contribution in [-0.2, 0) is 51.8 Å². The van der Waals surface area contributed by atoms with Crippen LogP contribution in [0.4, 0.5) is 0 Å². The van der Waals surface area contributed by atoms with Gasteiger partial charge in [0.25, 0.3) is 0 Å². The fourth-order valence-electron chi connectivity index (χ4n) is 7.68. The van der Waals surface area contributed by atoms with Crippen LogP contribution in [0, 0.1) is 3.57 Å². The highest BCUT2D eigenvalue weighted by atomic mass is 127. The molecule has 0 aliphatic rings. The highest BCUT2D eigenvalue weighted by Crippen LogP contribution is 2.44. The van der Waals surface area contributed by atoms with Gasteiger partial charge >= 0.3 is 0 Å². The van der Waals surface area contributed by atoms with Crippen molar-refractivity contribution in [3.05, 3.63) is 119 Å². The van der Waals surface area contributed by atoms with E-state index in [9.17, 15) is 15.3 Å². The smallest absolute Gasteiger partial charge is 0.123 e. The van der Waals surface area contributed by atoms with E-state index in [4.69, 9.17) is 0 Å². The summed E-state index contributed by atoms with van der Waals surface area (Å²) in [5.41, 5.74) is 11.9. The second-order valence-corrected chi connectivity index (χ2v) is 23.5. The molecule has 300 valence electrons. The number of benzene rings is 4. The summed E-state index contributed by atoms with van der Waals surface area (Å²) in [6.45, 7) is 39.1. The average molecular weight is 859 g/mol. The topological polar surface area (TPSA) is 60.7 Å². The molecule has 0 spiro atoms. The second-order valence-electron chi connectivity index (χ2n) is 22.4. The summed E-state index contributed by atoms with van der Waals surface area (Å²) >= 11 is 2.56. The van der Waals surface area contributed by atoms with E-state index in [1.165, 1.54) is 37.0 Å². The van der Waals surface area contributed by atoms with Crippen LogP contribution in [0.1, 0.15) is 191 Å². The Labute approximate surface area is 348 Å². The van der Waals surface area contributed by atoms with Crippen molar-refractivity contribution in [2.75, 3.05) is 0 Å². The lowest BCUT2D eigenvalue weighted by Crippen LogP contribution is -2.18. The minimum atomic E-state index is -0.219.